The fourth-order valence-electron chi connectivity index (χ4n) is 1.37. The number of carboxylic acids is 2. The third-order valence-electron chi connectivity index (χ3n) is 2.48. The lowest BCUT2D eigenvalue weighted by Gasteiger charge is -2.26. The van der Waals surface area contributed by atoms with Crippen molar-refractivity contribution in [2.75, 3.05) is 13.1 Å². The first-order valence-electron chi connectivity index (χ1n) is 4.08. The van der Waals surface area contributed by atoms with Gasteiger partial charge in [0.2, 0.25) is 0 Å². The summed E-state index contributed by atoms with van der Waals surface area (Å²) in [6.45, 7) is 2.18. The van der Waals surface area contributed by atoms with Gasteiger partial charge >= 0.3 is 11.9 Å². The average molecular weight is 198 g/mol. The number of carboxylic acid groups (broad SMARTS) is 2. The van der Waals surface area contributed by atoms with Gasteiger partial charge in [-0.2, -0.15) is 5.26 Å². The van der Waals surface area contributed by atoms with Gasteiger partial charge in [0.15, 0.2) is 0 Å². The molecule has 0 aromatic heterocycles. The van der Waals surface area contributed by atoms with Crippen LogP contribution in [-0.4, -0.2) is 35.2 Å². The van der Waals surface area contributed by atoms with Gasteiger partial charge in [-0.3, -0.25) is 0 Å². The molecule has 1 heterocycles. The van der Waals surface area contributed by atoms with Crippen molar-refractivity contribution >= 4 is 11.9 Å². The Bertz CT molecular complexity index is 291. The van der Waals surface area contributed by atoms with Crippen LogP contribution in [0, 0.1) is 22.7 Å². The van der Waals surface area contributed by atoms with Gasteiger partial charge in [-0.1, -0.05) is 0 Å². The van der Waals surface area contributed by atoms with Gasteiger partial charge in [-0.25, -0.2) is 9.59 Å². The number of hydrogen-bond donors (Lipinski definition) is 3. The van der Waals surface area contributed by atoms with E-state index in [1.807, 2.05) is 0 Å². The molecule has 1 atom stereocenters. The Labute approximate surface area is 80.1 Å². The minimum Gasteiger partial charge on any atom is -0.473 e. The number of nitrogens with zero attached hydrogens (tertiary/aromatic N) is 1. The summed E-state index contributed by atoms with van der Waals surface area (Å²) in [7, 11) is 0. The summed E-state index contributed by atoms with van der Waals surface area (Å²) in [6.07, 6.45) is 1.15. The van der Waals surface area contributed by atoms with Crippen LogP contribution in [0.1, 0.15) is 6.42 Å². The quantitative estimate of drug-likeness (QED) is 0.443. The van der Waals surface area contributed by atoms with Gasteiger partial charge in [0.25, 0.3) is 0 Å². The third-order valence-corrected chi connectivity index (χ3v) is 2.48. The molecule has 2 fully saturated rings. The Morgan fingerprint density at radius 2 is 1.86 bits per heavy atom. The second-order valence-corrected chi connectivity index (χ2v) is 3.46. The van der Waals surface area contributed by atoms with E-state index >= 15 is 0 Å². The van der Waals surface area contributed by atoms with E-state index in [0.717, 1.165) is 19.5 Å². The zero-order valence-corrected chi connectivity index (χ0v) is 7.36. The van der Waals surface area contributed by atoms with Gasteiger partial charge in [-0.15, -0.1) is 0 Å². The van der Waals surface area contributed by atoms with E-state index in [1.165, 1.54) is 0 Å². The largest absolute Gasteiger partial charge is 0.473 e. The lowest BCUT2D eigenvalue weighted by atomic mass is 9.97. The number of aliphatic carboxylic acids is 2. The smallest absolute Gasteiger partial charge is 0.414 e. The number of nitriles is 1. The zero-order chi connectivity index (χ0) is 10.8. The Balaban J connectivity index is 0.000000149. The van der Waals surface area contributed by atoms with Gasteiger partial charge in [-0.05, 0) is 6.42 Å². The van der Waals surface area contributed by atoms with Crippen LogP contribution < -0.4 is 5.32 Å². The van der Waals surface area contributed by atoms with Crippen molar-refractivity contribution in [1.82, 2.24) is 5.32 Å². The number of nitrogens with one attached hydrogen (secondary N) is 1. The molecule has 0 aromatic carbocycles. The van der Waals surface area contributed by atoms with Crippen LogP contribution in [0.15, 0.2) is 0 Å². The monoisotopic (exact) mass is 198 g/mol. The maximum atomic E-state index is 9.10. The van der Waals surface area contributed by atoms with Crippen molar-refractivity contribution in [1.29, 1.82) is 5.26 Å². The first-order valence-corrected chi connectivity index (χ1v) is 4.08. The second-order valence-electron chi connectivity index (χ2n) is 3.46. The Hall–Kier alpha value is -1.61. The zero-order valence-electron chi connectivity index (χ0n) is 7.36. The first-order chi connectivity index (χ1) is 6.52. The van der Waals surface area contributed by atoms with E-state index in [-0.39, 0.29) is 0 Å². The average Bonchev–Trinajstić information content (AvgIpc) is 2.78. The maximum Gasteiger partial charge on any atom is 0.414 e. The Morgan fingerprint density at radius 3 is 1.93 bits per heavy atom. The molecule has 0 aromatic rings. The normalized spacial score (nSPS) is 24.9. The molecular formula is C8H10N2O4. The van der Waals surface area contributed by atoms with E-state index in [1.54, 1.807) is 0 Å². The van der Waals surface area contributed by atoms with Gasteiger partial charge < -0.3 is 15.5 Å². The fraction of sp³-hybridized carbons (Fsp3) is 0.625. The van der Waals surface area contributed by atoms with Crippen molar-refractivity contribution in [2.45, 2.75) is 6.42 Å². The van der Waals surface area contributed by atoms with Crippen molar-refractivity contribution in [3.8, 4) is 6.07 Å². The summed E-state index contributed by atoms with van der Waals surface area (Å²) < 4.78 is 0. The van der Waals surface area contributed by atoms with Crippen molar-refractivity contribution in [3.05, 3.63) is 0 Å². The molecule has 1 aliphatic carbocycles. The molecule has 3 N–H and O–H groups in total. The summed E-state index contributed by atoms with van der Waals surface area (Å²) >= 11 is 0. The second kappa shape index (κ2) is 3.64. The molecule has 0 bridgehead atoms. The van der Waals surface area contributed by atoms with Crippen LogP contribution in [-0.2, 0) is 9.59 Å². The predicted molar refractivity (Wildman–Crippen MR) is 44.3 cm³/mol. The molecule has 2 aliphatic rings. The molecule has 1 spiro atoms. The highest BCUT2D eigenvalue weighted by molar-refractivity contribution is 6.27. The van der Waals surface area contributed by atoms with Crippen molar-refractivity contribution in [2.24, 2.45) is 11.3 Å². The van der Waals surface area contributed by atoms with Crippen LogP contribution in [0.4, 0.5) is 0 Å². The van der Waals surface area contributed by atoms with E-state index in [0.29, 0.717) is 11.3 Å². The summed E-state index contributed by atoms with van der Waals surface area (Å²) in [4.78, 5) is 18.2. The molecular weight excluding hydrogens is 188 g/mol. The molecule has 6 nitrogen and oxygen atoms in total. The topological polar surface area (TPSA) is 110 Å². The molecule has 1 unspecified atom stereocenters. The third kappa shape index (κ3) is 2.00. The van der Waals surface area contributed by atoms with Crippen LogP contribution in [0.3, 0.4) is 0 Å². The molecule has 0 amide bonds. The van der Waals surface area contributed by atoms with Crippen LogP contribution in [0.25, 0.3) is 0 Å². The van der Waals surface area contributed by atoms with Gasteiger partial charge in [0.05, 0.1) is 12.0 Å². The van der Waals surface area contributed by atoms with Crippen LogP contribution in [0.2, 0.25) is 0 Å². The lowest BCUT2D eigenvalue weighted by Crippen LogP contribution is -2.45. The minimum atomic E-state index is -1.82. The lowest BCUT2D eigenvalue weighted by molar-refractivity contribution is -0.159. The molecule has 0 radical (unpaired) electrons. The van der Waals surface area contributed by atoms with E-state index in [4.69, 9.17) is 25.1 Å². The molecule has 2 rings (SSSR count). The van der Waals surface area contributed by atoms with E-state index in [9.17, 15) is 0 Å². The summed E-state index contributed by atoms with van der Waals surface area (Å²) in [5.74, 6) is -3.26. The highest BCUT2D eigenvalue weighted by Gasteiger charge is 2.58. The van der Waals surface area contributed by atoms with Gasteiger partial charge in [0.1, 0.15) is 0 Å². The Morgan fingerprint density at radius 1 is 1.36 bits per heavy atom. The van der Waals surface area contributed by atoms with E-state index < -0.39 is 11.9 Å². The predicted octanol–water partition coefficient (Wildman–Crippen LogP) is -0.725. The molecule has 76 valence electrons. The maximum absolute atomic E-state index is 9.10. The fourth-order valence-corrected chi connectivity index (χ4v) is 1.37. The summed E-state index contributed by atoms with van der Waals surface area (Å²) in [5, 5.41) is 26.4. The van der Waals surface area contributed by atoms with Crippen molar-refractivity contribution in [3.63, 3.8) is 0 Å². The van der Waals surface area contributed by atoms with E-state index in [2.05, 4.69) is 11.4 Å². The van der Waals surface area contributed by atoms with Crippen LogP contribution in [0.5, 0.6) is 0 Å². The highest BCUT2D eigenvalue weighted by atomic mass is 16.4. The first kappa shape index (κ1) is 10.5. The molecule has 14 heavy (non-hydrogen) atoms. The molecule has 1 aliphatic heterocycles. The standard InChI is InChI=1S/C6H8N2.C2H2O4/c7-2-5-1-6(5)3-8-4-6;3-1(4)2(5)6/h5,8H,1,3-4H2;(H,3,4)(H,5,6). The molecule has 1 saturated carbocycles. The minimum absolute atomic E-state index is 0.392. The molecule has 1 saturated heterocycles. The SMILES string of the molecule is N#CC1CC12CNC2.O=C(O)C(=O)O. The number of rotatable bonds is 0. The summed E-state index contributed by atoms with van der Waals surface area (Å²) in [6, 6.07) is 2.29. The van der Waals surface area contributed by atoms with Crippen LogP contribution >= 0.6 is 0 Å². The highest BCUT2D eigenvalue weighted by Crippen LogP contribution is 2.54. The summed E-state index contributed by atoms with van der Waals surface area (Å²) in [5.41, 5.74) is 0.467. The van der Waals surface area contributed by atoms with Gasteiger partial charge in [0, 0.05) is 18.5 Å². The molecule has 6 heteroatoms. The Kier molecular flexibility index (Phi) is 2.72. The number of hydrogen-bond acceptors (Lipinski definition) is 4. The van der Waals surface area contributed by atoms with Crippen molar-refractivity contribution < 1.29 is 19.8 Å². The number of carbonyl (C=O) groups is 2.